The summed E-state index contributed by atoms with van der Waals surface area (Å²) in [5.74, 6) is 5.80. The van der Waals surface area contributed by atoms with E-state index in [1.807, 2.05) is 6.07 Å². The number of nitriles is 1. The molecule has 2 aromatic heterocycles. The first-order chi connectivity index (χ1) is 13.1. The summed E-state index contributed by atoms with van der Waals surface area (Å²) in [5, 5.41) is 15.8. The number of hydrogen-bond acceptors (Lipinski definition) is 9. The number of anilines is 3. The molecule has 12 heteroatoms. The van der Waals surface area contributed by atoms with Gasteiger partial charge in [0, 0.05) is 32.9 Å². The molecule has 1 atom stereocenters. The first-order valence-corrected chi connectivity index (χ1v) is 8.05. The molecule has 2 aromatic rings. The zero-order chi connectivity index (χ0) is 20.9. The summed E-state index contributed by atoms with van der Waals surface area (Å²) in [6.07, 6.45) is -2.96. The smallest absolute Gasteiger partial charge is 0.419 e. The molecule has 0 bridgehead atoms. The summed E-state index contributed by atoms with van der Waals surface area (Å²) in [6.45, 7) is 2.11. The van der Waals surface area contributed by atoms with E-state index in [-0.39, 0.29) is 35.0 Å². The molecule has 0 spiro atoms. The summed E-state index contributed by atoms with van der Waals surface area (Å²) in [5.41, 5.74) is -1.08. The molecule has 0 saturated carbocycles. The van der Waals surface area contributed by atoms with E-state index in [1.165, 1.54) is 24.3 Å². The van der Waals surface area contributed by atoms with E-state index in [2.05, 4.69) is 25.6 Å². The standard InChI is InChI=1S/C16H19F3N8O/c1-9(8-27(3)21)28-15-12(5-20)23-7-14(26-15)25-13-4-11(22-2)10(6-24-13)16(17,18)19/h4,6-7,9H,8,21H2,1-3H3,(H2,22,24,25,26). The number of pyridine rings is 1. The number of rotatable bonds is 7. The number of nitrogens with one attached hydrogen (secondary N) is 2. The second-order valence-corrected chi connectivity index (χ2v) is 5.88. The highest BCUT2D eigenvalue weighted by Crippen LogP contribution is 2.35. The van der Waals surface area contributed by atoms with Gasteiger partial charge in [-0.2, -0.15) is 23.4 Å². The average molecular weight is 396 g/mol. The van der Waals surface area contributed by atoms with Gasteiger partial charge in [-0.25, -0.2) is 15.0 Å². The zero-order valence-corrected chi connectivity index (χ0v) is 15.4. The molecule has 0 aliphatic heterocycles. The molecular formula is C16H19F3N8O. The van der Waals surface area contributed by atoms with Crippen LogP contribution in [0, 0.1) is 11.3 Å². The molecule has 0 aliphatic rings. The highest BCUT2D eigenvalue weighted by molar-refractivity contribution is 5.62. The topological polar surface area (TPSA) is 125 Å². The van der Waals surface area contributed by atoms with Gasteiger partial charge >= 0.3 is 6.18 Å². The van der Waals surface area contributed by atoms with E-state index in [0.717, 1.165) is 0 Å². The number of alkyl halides is 3. The van der Waals surface area contributed by atoms with Gasteiger partial charge in [-0.05, 0) is 6.92 Å². The number of likely N-dealkylation sites (N-methyl/N-ethyl adjacent to an activating group) is 1. The first kappa shape index (κ1) is 21.1. The number of aromatic nitrogens is 3. The molecule has 1 unspecified atom stereocenters. The van der Waals surface area contributed by atoms with Gasteiger partial charge in [0.05, 0.1) is 17.4 Å². The van der Waals surface area contributed by atoms with E-state index >= 15 is 0 Å². The Hall–Kier alpha value is -3.17. The molecule has 2 heterocycles. The van der Waals surface area contributed by atoms with Gasteiger partial charge in [-0.1, -0.05) is 0 Å². The Morgan fingerprint density at radius 3 is 2.61 bits per heavy atom. The third-order valence-corrected chi connectivity index (χ3v) is 3.44. The quantitative estimate of drug-likeness (QED) is 0.477. The van der Waals surface area contributed by atoms with Crippen LogP contribution in [0.15, 0.2) is 18.5 Å². The lowest BCUT2D eigenvalue weighted by molar-refractivity contribution is -0.137. The summed E-state index contributed by atoms with van der Waals surface area (Å²) in [4.78, 5) is 11.9. The van der Waals surface area contributed by atoms with Crippen LogP contribution < -0.4 is 21.2 Å². The van der Waals surface area contributed by atoms with E-state index in [1.54, 1.807) is 14.0 Å². The molecule has 0 aromatic carbocycles. The van der Waals surface area contributed by atoms with Gasteiger partial charge in [-0.15, -0.1) is 0 Å². The Bertz CT molecular complexity index is 866. The number of nitrogens with zero attached hydrogens (tertiary/aromatic N) is 5. The Morgan fingerprint density at radius 2 is 2.04 bits per heavy atom. The summed E-state index contributed by atoms with van der Waals surface area (Å²) in [6, 6.07) is 3.06. The minimum absolute atomic E-state index is 0.0254. The molecule has 0 radical (unpaired) electrons. The number of ether oxygens (including phenoxy) is 1. The predicted octanol–water partition coefficient (Wildman–Crippen LogP) is 2.12. The highest BCUT2D eigenvalue weighted by atomic mass is 19.4. The van der Waals surface area contributed by atoms with Crippen LogP contribution >= 0.6 is 0 Å². The average Bonchev–Trinajstić information content (AvgIpc) is 2.60. The van der Waals surface area contributed by atoms with Crippen molar-refractivity contribution in [2.24, 2.45) is 5.84 Å². The fourth-order valence-electron chi connectivity index (χ4n) is 2.31. The number of nitrogens with two attached hydrogens (primary N) is 1. The number of halogens is 3. The Balaban J connectivity index is 2.27. The maximum atomic E-state index is 13.0. The van der Waals surface area contributed by atoms with Crippen molar-refractivity contribution in [3.8, 4) is 11.9 Å². The first-order valence-electron chi connectivity index (χ1n) is 8.05. The lowest BCUT2D eigenvalue weighted by atomic mass is 10.2. The maximum Gasteiger partial charge on any atom is 0.419 e. The SMILES string of the molecule is CNc1cc(Nc2cnc(C#N)c(OC(C)CN(C)N)n2)ncc1C(F)(F)F. The second kappa shape index (κ2) is 8.68. The summed E-state index contributed by atoms with van der Waals surface area (Å²) >= 11 is 0. The Morgan fingerprint density at radius 1 is 1.32 bits per heavy atom. The molecule has 4 N–H and O–H groups in total. The fourth-order valence-corrected chi connectivity index (χ4v) is 2.31. The van der Waals surface area contributed by atoms with Crippen molar-refractivity contribution >= 4 is 17.3 Å². The summed E-state index contributed by atoms with van der Waals surface area (Å²) in [7, 11) is 3.03. The molecule has 0 saturated heterocycles. The van der Waals surface area contributed by atoms with Crippen LogP contribution in [0.25, 0.3) is 0 Å². The van der Waals surface area contributed by atoms with Crippen LogP contribution in [0.4, 0.5) is 30.5 Å². The van der Waals surface area contributed by atoms with Gasteiger partial charge in [0.25, 0.3) is 5.88 Å². The van der Waals surface area contributed by atoms with Gasteiger partial charge in [0.1, 0.15) is 18.0 Å². The molecule has 2 rings (SSSR count). The molecule has 0 amide bonds. The van der Waals surface area contributed by atoms with Crippen LogP contribution in [0.3, 0.4) is 0 Å². The van der Waals surface area contributed by atoms with Crippen molar-refractivity contribution in [1.29, 1.82) is 5.26 Å². The van der Waals surface area contributed by atoms with Gasteiger partial charge in [-0.3, -0.25) is 5.84 Å². The van der Waals surface area contributed by atoms with E-state index in [9.17, 15) is 13.2 Å². The fraction of sp³-hybridized carbons (Fsp3) is 0.375. The summed E-state index contributed by atoms with van der Waals surface area (Å²) < 4.78 is 44.5. The van der Waals surface area contributed by atoms with Crippen molar-refractivity contribution in [3.63, 3.8) is 0 Å². The van der Waals surface area contributed by atoms with Crippen LogP contribution in [0.5, 0.6) is 5.88 Å². The number of hydrazine groups is 1. The van der Waals surface area contributed by atoms with E-state index in [4.69, 9.17) is 15.8 Å². The van der Waals surface area contributed by atoms with Crippen molar-refractivity contribution in [2.75, 3.05) is 31.3 Å². The Labute approximate surface area is 159 Å². The lowest BCUT2D eigenvalue weighted by Gasteiger charge is -2.18. The van der Waals surface area contributed by atoms with Gasteiger partial charge in [0.2, 0.25) is 5.69 Å². The third-order valence-electron chi connectivity index (χ3n) is 3.44. The van der Waals surface area contributed by atoms with E-state index < -0.39 is 11.7 Å². The van der Waals surface area contributed by atoms with E-state index in [0.29, 0.717) is 12.7 Å². The highest BCUT2D eigenvalue weighted by Gasteiger charge is 2.34. The lowest BCUT2D eigenvalue weighted by Crippen LogP contribution is -2.35. The van der Waals surface area contributed by atoms with Gasteiger partial charge < -0.3 is 15.4 Å². The minimum Gasteiger partial charge on any atom is -0.471 e. The van der Waals surface area contributed by atoms with Crippen LogP contribution in [-0.2, 0) is 6.18 Å². The molecule has 0 aliphatic carbocycles. The molecule has 28 heavy (non-hydrogen) atoms. The van der Waals surface area contributed by atoms with Crippen molar-refractivity contribution in [3.05, 3.63) is 29.7 Å². The monoisotopic (exact) mass is 396 g/mol. The maximum absolute atomic E-state index is 13.0. The minimum atomic E-state index is -4.54. The van der Waals surface area contributed by atoms with Gasteiger partial charge in [0.15, 0.2) is 5.82 Å². The normalized spacial score (nSPS) is 12.4. The van der Waals surface area contributed by atoms with Crippen LogP contribution in [0.1, 0.15) is 18.2 Å². The Kier molecular flexibility index (Phi) is 6.55. The van der Waals surface area contributed by atoms with Crippen LogP contribution in [-0.4, -0.2) is 46.7 Å². The molecular weight excluding hydrogens is 377 g/mol. The van der Waals surface area contributed by atoms with Crippen LogP contribution in [0.2, 0.25) is 0 Å². The number of hydrogen-bond donors (Lipinski definition) is 3. The van der Waals surface area contributed by atoms with Crippen molar-refractivity contribution in [2.45, 2.75) is 19.2 Å². The molecule has 9 nitrogen and oxygen atoms in total. The van der Waals surface area contributed by atoms with Crippen molar-refractivity contribution in [1.82, 2.24) is 20.0 Å². The largest absolute Gasteiger partial charge is 0.471 e. The molecule has 150 valence electrons. The molecule has 0 fully saturated rings. The second-order valence-electron chi connectivity index (χ2n) is 5.88. The third kappa shape index (κ3) is 5.41. The predicted molar refractivity (Wildman–Crippen MR) is 95.7 cm³/mol. The van der Waals surface area contributed by atoms with Crippen molar-refractivity contribution < 1.29 is 17.9 Å². The zero-order valence-electron chi connectivity index (χ0n) is 15.4.